The fourth-order valence-electron chi connectivity index (χ4n) is 3.11. The molecule has 0 saturated carbocycles. The SMILES string of the molecule is COC(=O)c1cc2c(s1)N=C(c1ccccc1)N(C)P2(=S)c1ccccc1. The zero-order valence-electron chi connectivity index (χ0n) is 14.8. The molecule has 1 atom stereocenters. The first kappa shape index (κ1) is 18.1. The van der Waals surface area contributed by atoms with Crippen LogP contribution in [-0.2, 0) is 16.5 Å². The van der Waals surface area contributed by atoms with E-state index in [-0.39, 0.29) is 5.97 Å². The smallest absolute Gasteiger partial charge is 0.348 e. The van der Waals surface area contributed by atoms with Crippen LogP contribution < -0.4 is 10.6 Å². The second-order valence-corrected chi connectivity index (χ2v) is 11.4. The second-order valence-electron chi connectivity index (χ2n) is 6.03. The summed E-state index contributed by atoms with van der Waals surface area (Å²) in [7, 11) is 3.39. The highest BCUT2D eigenvalue weighted by molar-refractivity contribution is 8.21. The van der Waals surface area contributed by atoms with Crippen molar-refractivity contribution in [3.63, 3.8) is 0 Å². The predicted molar refractivity (Wildman–Crippen MR) is 116 cm³/mol. The molecule has 1 aromatic heterocycles. The minimum Gasteiger partial charge on any atom is -0.465 e. The lowest BCUT2D eigenvalue weighted by molar-refractivity contribution is 0.0606. The van der Waals surface area contributed by atoms with Gasteiger partial charge in [0.1, 0.15) is 15.7 Å². The topological polar surface area (TPSA) is 41.9 Å². The van der Waals surface area contributed by atoms with E-state index in [1.54, 1.807) is 0 Å². The summed E-state index contributed by atoms with van der Waals surface area (Å²) in [5, 5.41) is 2.80. The quantitative estimate of drug-likeness (QED) is 0.483. The van der Waals surface area contributed by atoms with Crippen molar-refractivity contribution in [1.82, 2.24) is 4.67 Å². The van der Waals surface area contributed by atoms with Gasteiger partial charge in [-0.05, 0) is 6.07 Å². The molecular weight excluding hydrogens is 395 g/mol. The Bertz CT molecular complexity index is 1080. The van der Waals surface area contributed by atoms with Crippen molar-refractivity contribution in [3.05, 3.63) is 77.2 Å². The summed E-state index contributed by atoms with van der Waals surface area (Å²) in [4.78, 5) is 17.5. The molecule has 0 spiro atoms. The summed E-state index contributed by atoms with van der Waals surface area (Å²) in [5.74, 6) is 0.469. The number of thiophene rings is 1. The van der Waals surface area contributed by atoms with Crippen molar-refractivity contribution in [3.8, 4) is 0 Å². The lowest BCUT2D eigenvalue weighted by Crippen LogP contribution is -2.36. The Hall–Kier alpha value is -2.27. The number of nitrogens with zero attached hydrogens (tertiary/aromatic N) is 2. The van der Waals surface area contributed by atoms with E-state index in [0.717, 1.165) is 27.0 Å². The van der Waals surface area contributed by atoms with Gasteiger partial charge in [-0.2, -0.15) is 0 Å². The van der Waals surface area contributed by atoms with E-state index in [2.05, 4.69) is 16.8 Å². The number of carbonyl (C=O) groups is 1. The number of esters is 1. The van der Waals surface area contributed by atoms with Crippen LogP contribution in [0.15, 0.2) is 71.7 Å². The van der Waals surface area contributed by atoms with Gasteiger partial charge in [0.05, 0.1) is 13.3 Å². The number of carbonyl (C=O) groups excluding carboxylic acids is 1. The summed E-state index contributed by atoms with van der Waals surface area (Å²) in [6, 6.07) is 22.0. The summed E-state index contributed by atoms with van der Waals surface area (Å²) < 4.78 is 7.03. The molecule has 0 aliphatic carbocycles. The van der Waals surface area contributed by atoms with Crippen LogP contribution in [0, 0.1) is 0 Å². The van der Waals surface area contributed by atoms with Crippen LogP contribution in [0.1, 0.15) is 15.2 Å². The van der Waals surface area contributed by atoms with Crippen LogP contribution in [0.5, 0.6) is 0 Å². The molecule has 0 N–H and O–H groups in total. The van der Waals surface area contributed by atoms with Crippen molar-refractivity contribution in [1.29, 1.82) is 0 Å². The molecule has 1 aliphatic heterocycles. The van der Waals surface area contributed by atoms with Crippen molar-refractivity contribution < 1.29 is 9.53 Å². The molecule has 0 fully saturated rings. The van der Waals surface area contributed by atoms with Gasteiger partial charge in [0.25, 0.3) is 0 Å². The van der Waals surface area contributed by atoms with Gasteiger partial charge in [-0.1, -0.05) is 72.5 Å². The average molecular weight is 412 g/mol. The lowest BCUT2D eigenvalue weighted by atomic mass is 10.2. The molecular formula is C20H17N2O2PS2. The number of fused-ring (bicyclic) bond motifs is 1. The van der Waals surface area contributed by atoms with E-state index in [1.807, 2.05) is 61.6 Å². The molecule has 7 heteroatoms. The largest absolute Gasteiger partial charge is 0.465 e. The van der Waals surface area contributed by atoms with Crippen LogP contribution in [0.3, 0.4) is 0 Å². The molecule has 2 aromatic carbocycles. The van der Waals surface area contributed by atoms with Crippen LogP contribution in [0.2, 0.25) is 0 Å². The molecule has 27 heavy (non-hydrogen) atoms. The van der Waals surface area contributed by atoms with E-state index in [0.29, 0.717) is 4.88 Å². The number of hydrogen-bond donors (Lipinski definition) is 0. The number of rotatable bonds is 3. The van der Waals surface area contributed by atoms with Crippen LogP contribution in [0.25, 0.3) is 0 Å². The molecule has 136 valence electrons. The molecule has 4 rings (SSSR count). The van der Waals surface area contributed by atoms with Gasteiger partial charge >= 0.3 is 5.97 Å². The number of benzene rings is 2. The van der Waals surface area contributed by atoms with Crippen molar-refractivity contribution in [2.24, 2.45) is 4.99 Å². The van der Waals surface area contributed by atoms with E-state index < -0.39 is 6.19 Å². The van der Waals surface area contributed by atoms with Gasteiger partial charge < -0.3 is 9.41 Å². The Morgan fingerprint density at radius 1 is 1.11 bits per heavy atom. The summed E-state index contributed by atoms with van der Waals surface area (Å²) >= 11 is 7.66. The normalized spacial score (nSPS) is 18.6. The maximum absolute atomic E-state index is 12.1. The van der Waals surface area contributed by atoms with Crippen LogP contribution in [-0.4, -0.2) is 30.6 Å². The maximum Gasteiger partial charge on any atom is 0.348 e. The van der Waals surface area contributed by atoms with Gasteiger partial charge in [0.15, 0.2) is 0 Å². The zero-order valence-corrected chi connectivity index (χ0v) is 17.4. The van der Waals surface area contributed by atoms with E-state index in [1.165, 1.54) is 18.4 Å². The first-order valence-corrected chi connectivity index (χ1v) is 11.9. The van der Waals surface area contributed by atoms with E-state index in [4.69, 9.17) is 21.5 Å². The highest BCUT2D eigenvalue weighted by Gasteiger charge is 2.38. The van der Waals surface area contributed by atoms with Crippen LogP contribution in [0.4, 0.5) is 5.00 Å². The monoisotopic (exact) mass is 412 g/mol. The molecule has 4 nitrogen and oxygen atoms in total. The summed E-state index contributed by atoms with van der Waals surface area (Å²) in [6.07, 6.45) is -2.36. The third kappa shape index (κ3) is 2.94. The molecule has 0 saturated heterocycles. The molecule has 3 aromatic rings. The lowest BCUT2D eigenvalue weighted by Gasteiger charge is -2.37. The third-order valence-electron chi connectivity index (χ3n) is 4.48. The van der Waals surface area contributed by atoms with Gasteiger partial charge in [-0.15, -0.1) is 11.3 Å². The minimum absolute atomic E-state index is 0.358. The Morgan fingerprint density at radius 3 is 2.37 bits per heavy atom. The Labute approximate surface area is 167 Å². The van der Waals surface area contributed by atoms with Crippen molar-refractivity contribution in [2.75, 3.05) is 14.2 Å². The fraction of sp³-hybridized carbons (Fsp3) is 0.100. The molecule has 0 bridgehead atoms. The van der Waals surface area contributed by atoms with Crippen molar-refractivity contribution in [2.45, 2.75) is 0 Å². The van der Waals surface area contributed by atoms with Crippen molar-refractivity contribution >= 4 is 56.7 Å². The van der Waals surface area contributed by atoms with E-state index in [9.17, 15) is 4.79 Å². The number of amidine groups is 1. The highest BCUT2D eigenvalue weighted by atomic mass is 32.4. The number of aliphatic imine (C=N–C) groups is 1. The zero-order chi connectivity index (χ0) is 19.0. The van der Waals surface area contributed by atoms with Gasteiger partial charge in [-0.3, -0.25) is 0 Å². The van der Waals surface area contributed by atoms with Gasteiger partial charge in [-0.25, -0.2) is 9.79 Å². The number of methoxy groups -OCH3 is 1. The maximum atomic E-state index is 12.1. The molecule has 0 radical (unpaired) electrons. The molecule has 2 heterocycles. The second kappa shape index (κ2) is 7.04. The fourth-order valence-corrected chi connectivity index (χ4v) is 8.34. The minimum atomic E-state index is -2.36. The molecule has 1 unspecified atom stereocenters. The number of hydrogen-bond acceptors (Lipinski definition) is 5. The third-order valence-corrected chi connectivity index (χ3v) is 10.6. The van der Waals surface area contributed by atoms with Gasteiger partial charge in [0, 0.05) is 23.2 Å². The molecule has 1 aliphatic rings. The summed E-state index contributed by atoms with van der Waals surface area (Å²) in [6.45, 7) is 0. The Balaban J connectivity index is 1.98. The first-order chi connectivity index (χ1) is 13.1. The first-order valence-electron chi connectivity index (χ1n) is 8.32. The van der Waals surface area contributed by atoms with Gasteiger partial charge in [0.2, 0.25) is 0 Å². The Kier molecular flexibility index (Phi) is 4.72. The molecule has 0 amide bonds. The standard InChI is InChI=1S/C20H17N2O2PS2/c1-22-18(14-9-5-3-6-10-14)21-19-16(13-17(27-19)20(23)24-2)25(22,26)15-11-7-4-8-12-15/h3-13H,1-2H3. The highest BCUT2D eigenvalue weighted by Crippen LogP contribution is 2.54. The number of ether oxygens (including phenoxy) is 1. The predicted octanol–water partition coefficient (Wildman–Crippen LogP) is 3.90. The van der Waals surface area contributed by atoms with Crippen LogP contribution >= 0.6 is 17.5 Å². The summed E-state index contributed by atoms with van der Waals surface area (Å²) in [5.41, 5.74) is 1.00. The van der Waals surface area contributed by atoms with E-state index >= 15 is 0 Å². The average Bonchev–Trinajstić information content (AvgIpc) is 3.16. The Morgan fingerprint density at radius 2 is 1.74 bits per heavy atom.